The molecule has 8 heteroatoms. The molecule has 0 aliphatic carbocycles. The molecule has 0 fully saturated rings. The van der Waals surface area contributed by atoms with E-state index >= 15 is 0 Å². The Morgan fingerprint density at radius 1 is 1.11 bits per heavy atom. The Morgan fingerprint density at radius 2 is 1.89 bits per heavy atom. The van der Waals surface area contributed by atoms with Crippen molar-refractivity contribution in [3.63, 3.8) is 0 Å². The van der Waals surface area contributed by atoms with Crippen molar-refractivity contribution in [1.29, 1.82) is 0 Å². The third-order valence-electron chi connectivity index (χ3n) is 4.20. The normalized spacial score (nSPS) is 10.8. The summed E-state index contributed by atoms with van der Waals surface area (Å²) in [7, 11) is 1.96. The maximum Gasteiger partial charge on any atom is 0.208 e. The average Bonchev–Trinajstić information content (AvgIpc) is 2.99. The standard InChI is InChI=1S/C20H16BrN5O2/c1-26-19-7-6-16(28-17-8-9-22-15(10-17)12-23-27)11-18(19)25-20(26)24-14-4-2-13(21)3-5-14/h2-11H,12H2,1H3,(H,24,25). The van der Waals surface area contributed by atoms with Crippen molar-refractivity contribution in [1.82, 2.24) is 14.5 Å². The molecule has 0 aliphatic rings. The number of benzene rings is 2. The molecule has 0 spiro atoms. The molecule has 0 saturated heterocycles. The van der Waals surface area contributed by atoms with Crippen LogP contribution in [0.15, 0.2) is 70.4 Å². The molecular weight excluding hydrogens is 422 g/mol. The Bertz CT molecular complexity index is 1140. The Hall–Kier alpha value is -3.26. The fourth-order valence-electron chi connectivity index (χ4n) is 2.83. The molecule has 28 heavy (non-hydrogen) atoms. The molecule has 0 radical (unpaired) electrons. The molecule has 2 heterocycles. The van der Waals surface area contributed by atoms with Gasteiger partial charge in [0.2, 0.25) is 5.95 Å². The first kappa shape index (κ1) is 18.1. The number of hydrogen-bond acceptors (Lipinski definition) is 6. The lowest BCUT2D eigenvalue weighted by Gasteiger charge is -2.07. The Balaban J connectivity index is 1.59. The van der Waals surface area contributed by atoms with Gasteiger partial charge in [-0.1, -0.05) is 21.1 Å². The maximum atomic E-state index is 10.4. The fraction of sp³-hybridized carbons (Fsp3) is 0.100. The van der Waals surface area contributed by atoms with E-state index in [0.29, 0.717) is 17.2 Å². The van der Waals surface area contributed by atoms with Gasteiger partial charge >= 0.3 is 0 Å². The average molecular weight is 438 g/mol. The fourth-order valence-corrected chi connectivity index (χ4v) is 3.09. The lowest BCUT2D eigenvalue weighted by atomic mass is 10.3. The molecule has 0 aliphatic heterocycles. The molecule has 4 rings (SSSR count). The van der Waals surface area contributed by atoms with Gasteiger partial charge in [0.05, 0.1) is 16.7 Å². The van der Waals surface area contributed by atoms with Crippen LogP contribution in [0.1, 0.15) is 5.69 Å². The molecule has 0 amide bonds. The minimum atomic E-state index is 0.0154. The summed E-state index contributed by atoms with van der Waals surface area (Å²) in [5.74, 6) is 1.98. The molecule has 0 bridgehead atoms. The summed E-state index contributed by atoms with van der Waals surface area (Å²) < 4.78 is 8.90. The van der Waals surface area contributed by atoms with Crippen molar-refractivity contribution in [2.75, 3.05) is 5.32 Å². The van der Waals surface area contributed by atoms with Crippen molar-refractivity contribution in [3.05, 3.63) is 75.9 Å². The molecule has 0 unspecified atom stereocenters. The number of anilines is 2. The molecule has 0 saturated carbocycles. The third-order valence-corrected chi connectivity index (χ3v) is 4.73. The maximum absolute atomic E-state index is 10.4. The zero-order chi connectivity index (χ0) is 19.5. The summed E-state index contributed by atoms with van der Waals surface area (Å²) in [6.07, 6.45) is 1.59. The number of nitrogens with one attached hydrogen (secondary N) is 1. The van der Waals surface area contributed by atoms with Crippen LogP contribution in [-0.4, -0.2) is 14.5 Å². The second-order valence-electron chi connectivity index (χ2n) is 6.15. The smallest absolute Gasteiger partial charge is 0.208 e. The van der Waals surface area contributed by atoms with E-state index in [4.69, 9.17) is 4.74 Å². The molecule has 2 aromatic carbocycles. The van der Waals surface area contributed by atoms with Crippen LogP contribution in [0.2, 0.25) is 0 Å². The number of rotatable bonds is 6. The van der Waals surface area contributed by atoms with Gasteiger partial charge in [-0.3, -0.25) is 4.98 Å². The summed E-state index contributed by atoms with van der Waals surface area (Å²) >= 11 is 3.43. The Labute approximate surface area is 169 Å². The lowest BCUT2D eigenvalue weighted by molar-refractivity contribution is 0.481. The highest BCUT2D eigenvalue weighted by Crippen LogP contribution is 2.28. The van der Waals surface area contributed by atoms with Crippen LogP contribution in [0.25, 0.3) is 11.0 Å². The number of ether oxygens (including phenoxy) is 1. The molecule has 7 nitrogen and oxygen atoms in total. The van der Waals surface area contributed by atoms with E-state index < -0.39 is 0 Å². The summed E-state index contributed by atoms with van der Waals surface area (Å²) in [5.41, 5.74) is 3.30. The molecule has 4 aromatic rings. The molecule has 0 atom stereocenters. The summed E-state index contributed by atoms with van der Waals surface area (Å²) in [6, 6.07) is 17.0. The van der Waals surface area contributed by atoms with Gasteiger partial charge < -0.3 is 14.6 Å². The van der Waals surface area contributed by atoms with E-state index in [9.17, 15) is 4.91 Å². The first-order chi connectivity index (χ1) is 13.6. The number of aryl methyl sites for hydroxylation is 1. The van der Waals surface area contributed by atoms with E-state index in [1.165, 1.54) is 0 Å². The van der Waals surface area contributed by atoms with E-state index in [0.717, 1.165) is 27.1 Å². The zero-order valence-electron chi connectivity index (χ0n) is 15.0. The number of nitrogens with zero attached hydrogens (tertiary/aromatic N) is 4. The quantitative estimate of drug-likeness (QED) is 0.400. The largest absolute Gasteiger partial charge is 0.457 e. The third kappa shape index (κ3) is 3.86. The summed E-state index contributed by atoms with van der Waals surface area (Å²) in [6.45, 7) is 0.0154. The molecular formula is C20H16BrN5O2. The van der Waals surface area contributed by atoms with Gasteiger partial charge in [-0.05, 0) is 42.5 Å². The molecule has 140 valence electrons. The highest BCUT2D eigenvalue weighted by molar-refractivity contribution is 9.10. The van der Waals surface area contributed by atoms with E-state index in [-0.39, 0.29) is 6.54 Å². The van der Waals surface area contributed by atoms with Gasteiger partial charge in [0.25, 0.3) is 0 Å². The number of imidazole rings is 1. The topological polar surface area (TPSA) is 81.4 Å². The Kier molecular flexibility index (Phi) is 5.03. The number of fused-ring (bicyclic) bond motifs is 1. The van der Waals surface area contributed by atoms with Crippen molar-refractivity contribution < 1.29 is 4.74 Å². The van der Waals surface area contributed by atoms with Crippen LogP contribution < -0.4 is 10.1 Å². The predicted octanol–water partition coefficient (Wildman–Crippen LogP) is 5.53. The van der Waals surface area contributed by atoms with Gasteiger partial charge in [0.1, 0.15) is 18.0 Å². The highest BCUT2D eigenvalue weighted by atomic mass is 79.9. The monoisotopic (exact) mass is 437 g/mol. The SMILES string of the molecule is Cn1c(Nc2ccc(Br)cc2)nc2cc(Oc3ccnc(CN=O)c3)ccc21. The van der Waals surface area contributed by atoms with Gasteiger partial charge in [-0.2, -0.15) is 4.91 Å². The van der Waals surface area contributed by atoms with Crippen LogP contribution in [0.4, 0.5) is 11.6 Å². The second-order valence-corrected chi connectivity index (χ2v) is 7.06. The van der Waals surface area contributed by atoms with Crippen molar-refractivity contribution >= 4 is 38.6 Å². The first-order valence-corrected chi connectivity index (χ1v) is 9.32. The minimum absolute atomic E-state index is 0.0154. The summed E-state index contributed by atoms with van der Waals surface area (Å²) in [4.78, 5) is 19.2. The first-order valence-electron chi connectivity index (χ1n) is 8.53. The van der Waals surface area contributed by atoms with Crippen LogP contribution in [0.3, 0.4) is 0 Å². The second kappa shape index (κ2) is 7.77. The number of pyridine rings is 1. The minimum Gasteiger partial charge on any atom is -0.457 e. The van der Waals surface area contributed by atoms with Gasteiger partial charge in [0, 0.05) is 35.5 Å². The van der Waals surface area contributed by atoms with E-state index in [2.05, 4.69) is 36.4 Å². The lowest BCUT2D eigenvalue weighted by Crippen LogP contribution is -1.98. The van der Waals surface area contributed by atoms with Crippen molar-refractivity contribution in [2.45, 2.75) is 6.54 Å². The number of hydrogen-bond donors (Lipinski definition) is 1. The summed E-state index contributed by atoms with van der Waals surface area (Å²) in [5, 5.41) is 6.18. The molecule has 2 aromatic heterocycles. The van der Waals surface area contributed by atoms with Gasteiger partial charge in [-0.25, -0.2) is 4.98 Å². The van der Waals surface area contributed by atoms with E-state index in [1.54, 1.807) is 18.3 Å². The van der Waals surface area contributed by atoms with Crippen molar-refractivity contribution in [2.24, 2.45) is 12.2 Å². The van der Waals surface area contributed by atoms with Crippen LogP contribution in [0, 0.1) is 4.91 Å². The van der Waals surface area contributed by atoms with E-state index in [1.807, 2.05) is 54.1 Å². The van der Waals surface area contributed by atoms with Crippen LogP contribution >= 0.6 is 15.9 Å². The highest BCUT2D eigenvalue weighted by Gasteiger charge is 2.10. The number of nitroso groups, excluding NO2 is 1. The number of halogens is 1. The van der Waals surface area contributed by atoms with Crippen molar-refractivity contribution in [3.8, 4) is 11.5 Å². The predicted molar refractivity (Wildman–Crippen MR) is 112 cm³/mol. The van der Waals surface area contributed by atoms with Gasteiger partial charge in [-0.15, -0.1) is 0 Å². The van der Waals surface area contributed by atoms with Crippen LogP contribution in [-0.2, 0) is 13.6 Å². The Morgan fingerprint density at radius 3 is 2.68 bits per heavy atom. The van der Waals surface area contributed by atoms with Gasteiger partial charge in [0.15, 0.2) is 0 Å². The molecule has 1 N–H and O–H groups in total. The van der Waals surface area contributed by atoms with Crippen LogP contribution in [0.5, 0.6) is 11.5 Å². The number of aromatic nitrogens is 3. The zero-order valence-corrected chi connectivity index (χ0v) is 16.5.